The molecule has 0 heterocycles. The van der Waals surface area contributed by atoms with Crippen LogP contribution in [0.2, 0.25) is 0 Å². The maximum atomic E-state index is 14.6. The van der Waals surface area contributed by atoms with Gasteiger partial charge < -0.3 is 0 Å². The maximum Gasteiger partial charge on any atom is 0.134 e. The van der Waals surface area contributed by atoms with Crippen LogP contribution in [0.1, 0.15) is 42.9 Å². The van der Waals surface area contributed by atoms with E-state index in [-0.39, 0.29) is 11.4 Å². The minimum atomic E-state index is -0.539. The Balaban J connectivity index is 1.53. The standard InChI is InChI=1S/C29H23F3/c1-2-3-4-5-22-17-27(31)29(28(32)18-22)23-11-8-20(9-12-23)6-7-21-10-13-25-19-26(30)15-14-24(25)16-21/h8-19H,2-5H2,1H3. The van der Waals surface area contributed by atoms with E-state index < -0.39 is 11.6 Å². The lowest BCUT2D eigenvalue weighted by molar-refractivity contribution is 0.583. The summed E-state index contributed by atoms with van der Waals surface area (Å²) in [6.07, 6.45) is 3.72. The molecule has 0 spiro atoms. The number of unbranched alkanes of at least 4 members (excludes halogenated alkanes) is 2. The Hall–Kier alpha value is -3.51. The monoisotopic (exact) mass is 428 g/mol. The molecule has 0 bridgehead atoms. The molecule has 3 heteroatoms. The maximum absolute atomic E-state index is 14.6. The third-order valence-electron chi connectivity index (χ3n) is 5.50. The van der Waals surface area contributed by atoms with Gasteiger partial charge in [-0.15, -0.1) is 0 Å². The highest BCUT2D eigenvalue weighted by atomic mass is 19.1. The van der Waals surface area contributed by atoms with Gasteiger partial charge in [-0.2, -0.15) is 0 Å². The van der Waals surface area contributed by atoms with Gasteiger partial charge in [-0.1, -0.05) is 55.9 Å². The zero-order chi connectivity index (χ0) is 22.5. The van der Waals surface area contributed by atoms with Crippen molar-refractivity contribution in [2.45, 2.75) is 32.6 Å². The third-order valence-corrected chi connectivity index (χ3v) is 5.50. The number of rotatable bonds is 5. The minimum Gasteiger partial charge on any atom is -0.207 e. The molecule has 32 heavy (non-hydrogen) atoms. The lowest BCUT2D eigenvalue weighted by Crippen LogP contribution is -1.95. The summed E-state index contributed by atoms with van der Waals surface area (Å²) in [5.74, 6) is 4.81. The normalized spacial score (nSPS) is 10.8. The molecule has 4 rings (SSSR count). The van der Waals surface area contributed by atoms with E-state index in [0.717, 1.165) is 41.2 Å². The molecule has 0 fully saturated rings. The molecule has 0 aromatic heterocycles. The van der Waals surface area contributed by atoms with Crippen LogP contribution in [0.25, 0.3) is 21.9 Å². The second-order valence-corrected chi connectivity index (χ2v) is 7.93. The van der Waals surface area contributed by atoms with Crippen LogP contribution >= 0.6 is 0 Å². The SMILES string of the molecule is CCCCCc1cc(F)c(-c2ccc(C#Cc3ccc4cc(F)ccc4c3)cc2)c(F)c1. The molecule has 0 radical (unpaired) electrons. The summed E-state index contributed by atoms with van der Waals surface area (Å²) in [5, 5.41) is 1.73. The van der Waals surface area contributed by atoms with Crippen molar-refractivity contribution in [3.05, 3.63) is 107 Å². The number of halogens is 3. The first kappa shape index (κ1) is 21.7. The molecular weight excluding hydrogens is 405 g/mol. The molecule has 0 N–H and O–H groups in total. The average molecular weight is 428 g/mol. The molecule has 4 aromatic carbocycles. The van der Waals surface area contributed by atoms with E-state index in [4.69, 9.17) is 0 Å². The van der Waals surface area contributed by atoms with Crippen molar-refractivity contribution in [1.82, 2.24) is 0 Å². The van der Waals surface area contributed by atoms with E-state index in [1.165, 1.54) is 24.3 Å². The van der Waals surface area contributed by atoms with Crippen molar-refractivity contribution in [2.24, 2.45) is 0 Å². The van der Waals surface area contributed by atoms with Crippen molar-refractivity contribution in [3.63, 3.8) is 0 Å². The summed E-state index contributed by atoms with van der Waals surface area (Å²) in [6.45, 7) is 2.10. The van der Waals surface area contributed by atoms with Crippen LogP contribution in [0.3, 0.4) is 0 Å². The highest BCUT2D eigenvalue weighted by Crippen LogP contribution is 2.28. The summed E-state index contributed by atoms with van der Waals surface area (Å²) in [4.78, 5) is 0. The van der Waals surface area contributed by atoms with Crippen LogP contribution in [0, 0.1) is 29.3 Å². The van der Waals surface area contributed by atoms with Crippen molar-refractivity contribution in [3.8, 4) is 23.0 Å². The van der Waals surface area contributed by atoms with Crippen molar-refractivity contribution >= 4 is 10.8 Å². The Morgan fingerprint density at radius 1 is 0.656 bits per heavy atom. The van der Waals surface area contributed by atoms with Gasteiger partial charge >= 0.3 is 0 Å². The zero-order valence-electron chi connectivity index (χ0n) is 17.9. The highest BCUT2D eigenvalue weighted by Gasteiger charge is 2.13. The van der Waals surface area contributed by atoms with Gasteiger partial charge in [-0.3, -0.25) is 0 Å². The topological polar surface area (TPSA) is 0 Å². The van der Waals surface area contributed by atoms with Crippen molar-refractivity contribution in [2.75, 3.05) is 0 Å². The van der Waals surface area contributed by atoms with Crippen LogP contribution in [0.4, 0.5) is 13.2 Å². The molecule has 0 nitrogen and oxygen atoms in total. The van der Waals surface area contributed by atoms with Gasteiger partial charge in [0.05, 0.1) is 5.56 Å². The average Bonchev–Trinajstić information content (AvgIpc) is 2.78. The summed E-state index contributed by atoms with van der Waals surface area (Å²) in [7, 11) is 0. The van der Waals surface area contributed by atoms with Crippen LogP contribution in [-0.4, -0.2) is 0 Å². The Kier molecular flexibility index (Phi) is 6.61. The molecule has 0 aliphatic heterocycles. The smallest absolute Gasteiger partial charge is 0.134 e. The number of fused-ring (bicyclic) bond motifs is 1. The van der Waals surface area contributed by atoms with Gasteiger partial charge in [0.15, 0.2) is 0 Å². The fourth-order valence-corrected chi connectivity index (χ4v) is 3.78. The molecule has 0 amide bonds. The molecule has 0 atom stereocenters. The second-order valence-electron chi connectivity index (χ2n) is 7.93. The van der Waals surface area contributed by atoms with E-state index in [0.29, 0.717) is 17.5 Å². The zero-order valence-corrected chi connectivity index (χ0v) is 17.9. The molecular formula is C29H23F3. The molecule has 0 saturated carbocycles. The number of benzene rings is 4. The van der Waals surface area contributed by atoms with Gasteiger partial charge in [0.2, 0.25) is 0 Å². The van der Waals surface area contributed by atoms with E-state index in [9.17, 15) is 13.2 Å². The third kappa shape index (κ3) is 5.03. The molecule has 0 saturated heterocycles. The first-order chi connectivity index (χ1) is 15.5. The van der Waals surface area contributed by atoms with E-state index >= 15 is 0 Å². The van der Waals surface area contributed by atoms with Crippen LogP contribution < -0.4 is 0 Å². The lowest BCUT2D eigenvalue weighted by atomic mass is 9.99. The van der Waals surface area contributed by atoms with E-state index in [1.54, 1.807) is 30.3 Å². The number of hydrogen-bond acceptors (Lipinski definition) is 0. The summed E-state index contributed by atoms with van der Waals surface area (Å²) in [6, 6.07) is 20.0. The molecule has 0 unspecified atom stereocenters. The van der Waals surface area contributed by atoms with Gasteiger partial charge in [0, 0.05) is 11.1 Å². The van der Waals surface area contributed by atoms with Gasteiger partial charge in [0.1, 0.15) is 17.5 Å². The summed E-state index contributed by atoms with van der Waals surface area (Å²) in [5.41, 5.74) is 2.72. The number of hydrogen-bond donors (Lipinski definition) is 0. The van der Waals surface area contributed by atoms with Crippen molar-refractivity contribution in [1.29, 1.82) is 0 Å². The fourth-order valence-electron chi connectivity index (χ4n) is 3.78. The Morgan fingerprint density at radius 2 is 1.28 bits per heavy atom. The molecule has 4 aromatic rings. The Morgan fingerprint density at radius 3 is 2.00 bits per heavy atom. The first-order valence-electron chi connectivity index (χ1n) is 10.8. The Bertz CT molecular complexity index is 1290. The van der Waals surface area contributed by atoms with Crippen molar-refractivity contribution < 1.29 is 13.2 Å². The summed E-state index contributed by atoms with van der Waals surface area (Å²) >= 11 is 0. The highest BCUT2D eigenvalue weighted by molar-refractivity contribution is 5.84. The van der Waals surface area contributed by atoms with Gasteiger partial charge in [-0.25, -0.2) is 13.2 Å². The predicted octanol–water partition coefficient (Wildman–Crippen LogP) is 8.06. The predicted molar refractivity (Wildman–Crippen MR) is 125 cm³/mol. The Labute approximate surface area is 186 Å². The fraction of sp³-hybridized carbons (Fsp3) is 0.172. The first-order valence-corrected chi connectivity index (χ1v) is 10.8. The molecule has 0 aliphatic carbocycles. The second kappa shape index (κ2) is 9.75. The molecule has 0 aliphatic rings. The van der Waals surface area contributed by atoms with E-state index in [2.05, 4.69) is 18.8 Å². The van der Waals surface area contributed by atoms with Crippen LogP contribution in [0.5, 0.6) is 0 Å². The lowest BCUT2D eigenvalue weighted by Gasteiger charge is -2.09. The minimum absolute atomic E-state index is 0.00879. The quantitative estimate of drug-likeness (QED) is 0.223. The summed E-state index contributed by atoms with van der Waals surface area (Å²) < 4.78 is 42.6. The van der Waals surface area contributed by atoms with Crippen LogP contribution in [0.15, 0.2) is 72.8 Å². The van der Waals surface area contributed by atoms with Crippen LogP contribution in [-0.2, 0) is 6.42 Å². The number of aryl methyl sites for hydroxylation is 1. The van der Waals surface area contributed by atoms with E-state index in [1.807, 2.05) is 18.2 Å². The molecule has 160 valence electrons. The van der Waals surface area contributed by atoms with Gasteiger partial charge in [0.25, 0.3) is 0 Å². The van der Waals surface area contributed by atoms with Gasteiger partial charge in [-0.05, 0) is 83.3 Å². The largest absolute Gasteiger partial charge is 0.207 e.